The van der Waals surface area contributed by atoms with Crippen molar-refractivity contribution in [3.63, 3.8) is 0 Å². The maximum Gasteiger partial charge on any atom is -0.0313 e. The lowest BCUT2D eigenvalue weighted by atomic mass is 9.49. The van der Waals surface area contributed by atoms with Gasteiger partial charge in [-0.15, -0.1) is 0 Å². The van der Waals surface area contributed by atoms with E-state index in [-0.39, 0.29) is 0 Å². The van der Waals surface area contributed by atoms with Crippen LogP contribution in [0.15, 0.2) is 0 Å². The first-order chi connectivity index (χ1) is 10.1. The van der Waals surface area contributed by atoms with Crippen molar-refractivity contribution in [2.24, 2.45) is 65.1 Å². The minimum absolute atomic E-state index is 0.896. The maximum absolute atomic E-state index is 2.58. The van der Waals surface area contributed by atoms with Gasteiger partial charge < -0.3 is 0 Å². The van der Waals surface area contributed by atoms with E-state index in [1.165, 1.54) is 30.6 Å². The Morgan fingerprint density at radius 2 is 1.71 bits per heavy atom. The minimum Gasteiger partial charge on any atom is -0.0651 e. The van der Waals surface area contributed by atoms with Gasteiger partial charge in [0.15, 0.2) is 0 Å². The number of hydrogen-bond acceptors (Lipinski definition) is 0. The molecule has 0 spiro atoms. The van der Waals surface area contributed by atoms with Gasteiger partial charge in [0.2, 0.25) is 0 Å². The van der Waals surface area contributed by atoms with Crippen molar-refractivity contribution in [1.82, 2.24) is 0 Å². The zero-order valence-electron chi connectivity index (χ0n) is 14.9. The first kappa shape index (κ1) is 14.6. The SMILES string of the molecule is CCC(CC1CC2CC3C(CC)C(C)C3C3C1C23)C(C)C. The van der Waals surface area contributed by atoms with Crippen LogP contribution in [0.25, 0.3) is 0 Å². The molecule has 0 heterocycles. The van der Waals surface area contributed by atoms with Crippen LogP contribution in [-0.2, 0) is 0 Å². The molecule has 0 bridgehead atoms. The lowest BCUT2D eigenvalue weighted by Crippen LogP contribution is -2.50. The standard InChI is InChI=1S/C21H36/c1-6-13(11(3)4)8-14-9-15-10-17-16(7-2)12(5)18(17)21-19(14)20(15)21/h11-21H,6-10H2,1-5H3. The Bertz CT molecular complexity index is 397. The van der Waals surface area contributed by atoms with Crippen LogP contribution in [-0.4, -0.2) is 0 Å². The molecule has 0 aliphatic heterocycles. The lowest BCUT2D eigenvalue weighted by Gasteiger charge is -2.56. The second-order valence-electron chi connectivity index (χ2n) is 9.54. The Labute approximate surface area is 132 Å². The summed E-state index contributed by atoms with van der Waals surface area (Å²) in [5.74, 6) is 12.2. The second-order valence-corrected chi connectivity index (χ2v) is 9.54. The maximum atomic E-state index is 2.58. The van der Waals surface area contributed by atoms with E-state index in [0.717, 1.165) is 47.3 Å². The molecule has 4 saturated carbocycles. The van der Waals surface area contributed by atoms with Crippen molar-refractivity contribution in [3.05, 3.63) is 0 Å². The molecule has 0 heteroatoms. The van der Waals surface area contributed by atoms with E-state index in [4.69, 9.17) is 0 Å². The van der Waals surface area contributed by atoms with E-state index in [2.05, 4.69) is 34.6 Å². The average Bonchev–Trinajstić information content (AvgIpc) is 3.05. The zero-order chi connectivity index (χ0) is 14.9. The Morgan fingerprint density at radius 1 is 0.952 bits per heavy atom. The molecule has 0 saturated heterocycles. The topological polar surface area (TPSA) is 0 Å². The molecular weight excluding hydrogens is 252 g/mol. The molecule has 0 aromatic rings. The molecule has 4 fully saturated rings. The summed E-state index contributed by atoms with van der Waals surface area (Å²) in [6.45, 7) is 12.3. The predicted molar refractivity (Wildman–Crippen MR) is 89.8 cm³/mol. The quantitative estimate of drug-likeness (QED) is 0.593. The van der Waals surface area contributed by atoms with Crippen molar-refractivity contribution in [2.45, 2.75) is 66.7 Å². The van der Waals surface area contributed by atoms with E-state index in [1.807, 2.05) is 0 Å². The third-order valence-corrected chi connectivity index (χ3v) is 8.78. The average molecular weight is 289 g/mol. The lowest BCUT2D eigenvalue weighted by molar-refractivity contribution is -0.0788. The molecule has 4 rings (SSSR count). The fourth-order valence-corrected chi connectivity index (χ4v) is 7.86. The van der Waals surface area contributed by atoms with E-state index >= 15 is 0 Å². The molecule has 4 aliphatic rings. The van der Waals surface area contributed by atoms with Crippen LogP contribution in [0.5, 0.6) is 0 Å². The van der Waals surface area contributed by atoms with Crippen LogP contribution in [0.2, 0.25) is 0 Å². The van der Waals surface area contributed by atoms with Crippen molar-refractivity contribution in [1.29, 1.82) is 0 Å². The first-order valence-electron chi connectivity index (χ1n) is 10.1. The largest absolute Gasteiger partial charge is 0.0651 e. The molecule has 0 aromatic heterocycles. The Morgan fingerprint density at radius 3 is 2.33 bits per heavy atom. The smallest absolute Gasteiger partial charge is 0.0313 e. The predicted octanol–water partition coefficient (Wildman–Crippen LogP) is 5.87. The molecule has 10 unspecified atom stereocenters. The summed E-state index contributed by atoms with van der Waals surface area (Å²) in [7, 11) is 0. The van der Waals surface area contributed by atoms with Gasteiger partial charge in [-0.3, -0.25) is 0 Å². The van der Waals surface area contributed by atoms with Crippen LogP contribution in [0, 0.1) is 65.1 Å². The van der Waals surface area contributed by atoms with Crippen molar-refractivity contribution < 1.29 is 0 Å². The van der Waals surface area contributed by atoms with Gasteiger partial charge in [0, 0.05) is 0 Å². The molecule has 120 valence electrons. The highest BCUT2D eigenvalue weighted by Gasteiger charge is 2.72. The summed E-state index contributed by atoms with van der Waals surface area (Å²) in [6, 6.07) is 0. The molecular formula is C21H36. The molecule has 10 atom stereocenters. The number of rotatable bonds is 5. The van der Waals surface area contributed by atoms with E-state index in [9.17, 15) is 0 Å². The first-order valence-corrected chi connectivity index (χ1v) is 10.1. The van der Waals surface area contributed by atoms with Crippen LogP contribution < -0.4 is 0 Å². The van der Waals surface area contributed by atoms with E-state index < -0.39 is 0 Å². The molecule has 0 aromatic carbocycles. The number of hydrogen-bond donors (Lipinski definition) is 0. The van der Waals surface area contributed by atoms with Gasteiger partial charge in [0.25, 0.3) is 0 Å². The molecule has 0 N–H and O–H groups in total. The van der Waals surface area contributed by atoms with Crippen LogP contribution in [0.4, 0.5) is 0 Å². The summed E-state index contributed by atoms with van der Waals surface area (Å²) < 4.78 is 0. The van der Waals surface area contributed by atoms with Gasteiger partial charge in [-0.25, -0.2) is 0 Å². The highest BCUT2D eigenvalue weighted by atomic mass is 14.8. The van der Waals surface area contributed by atoms with Gasteiger partial charge in [0.1, 0.15) is 0 Å². The van der Waals surface area contributed by atoms with Gasteiger partial charge in [-0.1, -0.05) is 47.5 Å². The van der Waals surface area contributed by atoms with E-state index in [1.54, 1.807) is 19.3 Å². The third-order valence-electron chi connectivity index (χ3n) is 8.78. The molecule has 4 aliphatic carbocycles. The summed E-state index contributed by atoms with van der Waals surface area (Å²) in [5, 5.41) is 0. The summed E-state index contributed by atoms with van der Waals surface area (Å²) in [5.41, 5.74) is 0. The van der Waals surface area contributed by atoms with Crippen LogP contribution in [0.1, 0.15) is 66.7 Å². The monoisotopic (exact) mass is 288 g/mol. The second kappa shape index (κ2) is 5.00. The highest BCUT2D eigenvalue weighted by molar-refractivity contribution is 5.19. The summed E-state index contributed by atoms with van der Waals surface area (Å²) in [4.78, 5) is 0. The van der Waals surface area contributed by atoms with Gasteiger partial charge in [-0.05, 0) is 84.4 Å². The molecule has 21 heavy (non-hydrogen) atoms. The van der Waals surface area contributed by atoms with Crippen LogP contribution in [0.3, 0.4) is 0 Å². The Kier molecular flexibility index (Phi) is 3.47. The van der Waals surface area contributed by atoms with Gasteiger partial charge >= 0.3 is 0 Å². The van der Waals surface area contributed by atoms with Gasteiger partial charge in [0.05, 0.1) is 0 Å². The highest BCUT2D eigenvalue weighted by Crippen LogP contribution is 2.77. The van der Waals surface area contributed by atoms with Gasteiger partial charge in [-0.2, -0.15) is 0 Å². The normalized spacial score (nSPS) is 54.9. The molecule has 0 amide bonds. The third kappa shape index (κ3) is 1.93. The fourth-order valence-electron chi connectivity index (χ4n) is 7.86. The van der Waals surface area contributed by atoms with Crippen molar-refractivity contribution in [2.75, 3.05) is 0 Å². The number of fused-ring (bicyclic) bond motifs is 3. The fraction of sp³-hybridized carbons (Fsp3) is 1.00. The summed E-state index contributed by atoms with van der Waals surface area (Å²) in [6.07, 6.45) is 7.65. The minimum atomic E-state index is 0.896. The molecule has 0 nitrogen and oxygen atoms in total. The molecule has 0 radical (unpaired) electrons. The van der Waals surface area contributed by atoms with Crippen molar-refractivity contribution >= 4 is 0 Å². The van der Waals surface area contributed by atoms with Crippen LogP contribution >= 0.6 is 0 Å². The summed E-state index contributed by atoms with van der Waals surface area (Å²) >= 11 is 0. The Balaban J connectivity index is 1.44. The van der Waals surface area contributed by atoms with E-state index in [0.29, 0.717) is 0 Å². The Hall–Kier alpha value is 0. The zero-order valence-corrected chi connectivity index (χ0v) is 14.9. The van der Waals surface area contributed by atoms with Crippen molar-refractivity contribution in [3.8, 4) is 0 Å².